The number of methoxy groups -OCH3 is 4. The molecule has 780 valence electrons. The molecule has 135 heavy (non-hydrogen) atoms. The molecule has 0 saturated carbocycles. The minimum absolute atomic E-state index is 0.00875. The second-order valence-corrected chi connectivity index (χ2v) is 55.8. The lowest BCUT2D eigenvalue weighted by molar-refractivity contribution is -0.00962. The summed E-state index contributed by atoms with van der Waals surface area (Å²) in [5.74, 6) is 2.39. The summed E-state index contributed by atoms with van der Waals surface area (Å²) in [4.78, 5) is 21.2. The van der Waals surface area contributed by atoms with Crippen LogP contribution >= 0.6 is 30.4 Å². The summed E-state index contributed by atoms with van der Waals surface area (Å²) in [5.41, 5.74) is 2.83. The Hall–Kier alpha value is -4.35. The van der Waals surface area contributed by atoms with E-state index in [1.165, 1.54) is 0 Å². The number of nitrogens with one attached hydrogen (secondary N) is 1. The third-order valence-electron chi connectivity index (χ3n) is 18.4. The molecule has 0 aliphatic heterocycles. The average molecular weight is 2010 g/mol. The Balaban J connectivity index is 0.000000701. The van der Waals surface area contributed by atoms with Gasteiger partial charge in [-0.25, -0.2) is 4.79 Å². The second-order valence-electron chi connectivity index (χ2n) is 42.7. The van der Waals surface area contributed by atoms with E-state index in [-0.39, 0.29) is 78.0 Å². The summed E-state index contributed by atoms with van der Waals surface area (Å²) in [5, 5.41) is 2.93. The van der Waals surface area contributed by atoms with E-state index in [9.17, 15) is 4.79 Å². The number of ether oxygens (including phenoxy) is 13. The number of nitrogens with zero attached hydrogens (tertiary/aromatic N) is 4. The topological polar surface area (TPSA) is 330 Å². The number of carbonyl (C=O) groups is 1. The SMILES string of the molecule is COCCOCOc1ccccc1CN(C[C@H](CCCCN)N(Cc1ccccc1OCOCCOC)CP(=O)(OC(C)(C)C)OC(C)(C)C)CP(=O)(OC(C)(C)C)OC(C)(C)C.COCCOCOc1ccccc1CN(C[C@H](CCCCNC(=O)OCC[Si](C)(C)C)N(Cc1ccccc1OCOCCOC)CP(=O)(OC(C)(C)C)OC(C)(C)C)CP(=O)(OC(C)(C)C)OC(C)(C)C. The number of hydrogen-bond donors (Lipinski definition) is 2. The molecule has 37 heteroatoms. The van der Waals surface area contributed by atoms with Gasteiger partial charge in [-0.2, -0.15) is 0 Å². The average Bonchev–Trinajstić information content (AvgIpc) is 0.808. The van der Waals surface area contributed by atoms with Gasteiger partial charge in [0.1, 0.15) is 48.1 Å². The van der Waals surface area contributed by atoms with Crippen molar-refractivity contribution in [3.8, 4) is 23.0 Å². The van der Waals surface area contributed by atoms with Gasteiger partial charge in [0.05, 0.1) is 104 Å². The Bertz CT molecular complexity index is 4060. The van der Waals surface area contributed by atoms with Gasteiger partial charge in [-0.05, 0) is 229 Å². The van der Waals surface area contributed by atoms with Crippen LogP contribution in [-0.2, 0) is 123 Å². The maximum Gasteiger partial charge on any atom is 0.407 e. The molecule has 0 aliphatic carbocycles. The number of para-hydroxylation sites is 4. The molecule has 0 heterocycles. The molecule has 0 spiro atoms. The molecule has 4 rings (SSSR count). The van der Waals surface area contributed by atoms with E-state index in [1.54, 1.807) is 28.4 Å². The zero-order valence-electron chi connectivity index (χ0n) is 88.3. The van der Waals surface area contributed by atoms with Crippen LogP contribution in [0.3, 0.4) is 0 Å². The Kier molecular flexibility index (Phi) is 55.7. The van der Waals surface area contributed by atoms with Gasteiger partial charge in [0.15, 0.2) is 27.2 Å². The molecule has 32 nitrogen and oxygen atoms in total. The molecule has 0 unspecified atom stereocenters. The predicted octanol–water partition coefficient (Wildman–Crippen LogP) is 22.2. The smallest absolute Gasteiger partial charge is 0.407 e. The first-order valence-corrected chi connectivity index (χ1v) is 57.9. The van der Waals surface area contributed by atoms with Crippen molar-refractivity contribution in [1.29, 1.82) is 0 Å². The molecule has 0 aromatic heterocycles. The van der Waals surface area contributed by atoms with Crippen LogP contribution < -0.4 is 30.0 Å². The van der Waals surface area contributed by atoms with Crippen LogP contribution in [0.15, 0.2) is 97.1 Å². The van der Waals surface area contributed by atoms with E-state index >= 15 is 18.3 Å². The molecule has 3 N–H and O–H groups in total. The number of rotatable bonds is 66. The Labute approximate surface area is 813 Å². The second kappa shape index (κ2) is 60.3. The fraction of sp³-hybridized carbons (Fsp3) is 0.745. The first kappa shape index (κ1) is 125. The summed E-state index contributed by atoms with van der Waals surface area (Å²) in [6.45, 7) is 57.5. The van der Waals surface area contributed by atoms with Gasteiger partial charge in [-0.1, -0.05) is 105 Å². The number of nitrogens with two attached hydrogens (primary N) is 1. The van der Waals surface area contributed by atoms with Crippen molar-refractivity contribution in [2.45, 2.75) is 313 Å². The van der Waals surface area contributed by atoms with Crippen LogP contribution in [0.4, 0.5) is 4.79 Å². The summed E-state index contributed by atoms with van der Waals surface area (Å²) < 4.78 is 186. The minimum atomic E-state index is -3.96. The molecule has 0 radical (unpaired) electrons. The molecule has 4 aromatic rings. The molecular formula is C98H178N6O26P4Si. The number of unbranched alkanes of at least 4 members (excludes halogenated alkanes) is 2. The van der Waals surface area contributed by atoms with E-state index in [2.05, 4.69) is 44.6 Å². The highest BCUT2D eigenvalue weighted by atomic mass is 31.2. The molecule has 0 fully saturated rings. The first-order valence-electron chi connectivity index (χ1n) is 47.3. The Morgan fingerprint density at radius 1 is 0.348 bits per heavy atom. The molecule has 0 aliphatic rings. The zero-order chi connectivity index (χ0) is 102. The monoisotopic (exact) mass is 2010 g/mol. The van der Waals surface area contributed by atoms with Gasteiger partial charge in [0.2, 0.25) is 0 Å². The van der Waals surface area contributed by atoms with Crippen molar-refractivity contribution < 1.29 is 121 Å². The van der Waals surface area contributed by atoms with Crippen LogP contribution in [0.5, 0.6) is 23.0 Å². The highest BCUT2D eigenvalue weighted by Crippen LogP contribution is 2.60. The van der Waals surface area contributed by atoms with Crippen LogP contribution in [-0.4, -0.2) is 257 Å². The number of amides is 1. The van der Waals surface area contributed by atoms with Gasteiger partial charge >= 0.3 is 36.5 Å². The van der Waals surface area contributed by atoms with Gasteiger partial charge < -0.3 is 109 Å². The van der Waals surface area contributed by atoms with E-state index in [0.717, 1.165) is 41.1 Å². The van der Waals surface area contributed by atoms with Crippen molar-refractivity contribution in [3.05, 3.63) is 119 Å². The lowest BCUT2D eigenvalue weighted by Crippen LogP contribution is -2.45. The lowest BCUT2D eigenvalue weighted by atomic mass is 10.1. The third-order valence-corrected chi connectivity index (χ3v) is 29.6. The van der Waals surface area contributed by atoms with Crippen LogP contribution in [0.25, 0.3) is 0 Å². The maximum absolute atomic E-state index is 15.5. The lowest BCUT2D eigenvalue weighted by Gasteiger charge is -2.41. The summed E-state index contributed by atoms with van der Waals surface area (Å²) >= 11 is 0. The maximum atomic E-state index is 15.5. The minimum Gasteiger partial charge on any atom is -0.467 e. The van der Waals surface area contributed by atoms with Crippen LogP contribution in [0.1, 0.15) is 227 Å². The number of benzene rings is 4. The highest BCUT2D eigenvalue weighted by Gasteiger charge is 2.45. The van der Waals surface area contributed by atoms with Gasteiger partial charge in [0, 0.05) is 117 Å². The standard InChI is InChI=1S/C52H95N3O14P2Si.C46H83N3O12P2/c1-49(2,3)66-70(57,67-50(4,5)6)39-54(36-43-24-18-20-27-46(43)64-41-61-32-30-59-13)38-45(26-22-23-29-53-48(56)63-34-35-72(15,16)17)55(40-71(58,68-51(7,8)9)69-52(10,11)12)37-44-25-19-21-28-47(44)65-42-62-33-31-60-14;1-43(2,3)58-62(50,59-44(4,5)6)34-48(31-38-21-15-17-24-41(38)56-36-54-29-27-52-13)33-40(23-19-20-26-47)49(35-63(51,60-45(7,8)9)61-46(10,11)12)32-39-22-16-18-25-42(39)57-37-55-30-28-53-14/h18-21,24-25,27-28,45H,22-23,26,29-42H2,1-17H3,(H,53,56);15-18,21-22,24-25,40H,19-20,23,26-37,47H2,1-14H3/t45-;40-/m00/s1. The van der Waals surface area contributed by atoms with E-state index < -0.39 is 95.4 Å². The normalized spacial score (nSPS) is 13.8. The van der Waals surface area contributed by atoms with Crippen molar-refractivity contribution in [2.24, 2.45) is 5.73 Å². The van der Waals surface area contributed by atoms with Crippen LogP contribution in [0.2, 0.25) is 25.7 Å². The molecule has 2 atom stereocenters. The number of hydrogen-bond acceptors (Lipinski definition) is 31. The summed E-state index contributed by atoms with van der Waals surface area (Å²) in [7, 11) is -10.6. The van der Waals surface area contributed by atoms with Gasteiger partial charge in [-0.15, -0.1) is 0 Å². The largest absolute Gasteiger partial charge is 0.467 e. The van der Waals surface area contributed by atoms with Crippen molar-refractivity contribution in [1.82, 2.24) is 24.9 Å². The molecule has 4 aromatic carbocycles. The van der Waals surface area contributed by atoms with Gasteiger partial charge in [0.25, 0.3) is 0 Å². The van der Waals surface area contributed by atoms with E-state index in [4.69, 9.17) is 104 Å². The quantitative estimate of drug-likeness (QED) is 0.0179. The predicted molar refractivity (Wildman–Crippen MR) is 539 cm³/mol. The number of alkyl carbamates (subject to hydrolysis) is 1. The summed E-state index contributed by atoms with van der Waals surface area (Å²) in [6.07, 6.45) is 3.14. The fourth-order valence-corrected chi connectivity index (χ4v) is 24.8. The van der Waals surface area contributed by atoms with E-state index in [0.29, 0.717) is 141 Å². The molecule has 1 amide bonds. The Morgan fingerprint density at radius 2 is 0.600 bits per heavy atom. The first-order chi connectivity index (χ1) is 62.6. The van der Waals surface area contributed by atoms with Gasteiger partial charge in [-0.3, -0.25) is 37.9 Å². The highest BCUT2D eigenvalue weighted by molar-refractivity contribution is 7.54. The summed E-state index contributed by atoms with van der Waals surface area (Å²) in [6, 6.07) is 30.8. The van der Waals surface area contributed by atoms with E-state index in [1.807, 2.05) is 263 Å². The van der Waals surface area contributed by atoms with Crippen molar-refractivity contribution >= 4 is 44.6 Å². The van der Waals surface area contributed by atoms with Crippen LogP contribution in [0, 0.1) is 0 Å². The number of carbonyl (C=O) groups excluding carboxylic acids is 1. The van der Waals surface area contributed by atoms with Crippen molar-refractivity contribution in [2.75, 3.05) is 166 Å². The molecule has 0 bridgehead atoms. The fourth-order valence-electron chi connectivity index (χ4n) is 13.9. The molecular weight excluding hydrogens is 1830 g/mol. The van der Waals surface area contributed by atoms with Crippen molar-refractivity contribution in [3.63, 3.8) is 0 Å². The zero-order valence-corrected chi connectivity index (χ0v) is 92.9. The third kappa shape index (κ3) is 60.0. The molecule has 0 saturated heterocycles. The Morgan fingerprint density at radius 3 is 0.852 bits per heavy atom.